The van der Waals surface area contributed by atoms with Crippen molar-refractivity contribution in [2.75, 3.05) is 11.9 Å². The largest absolute Gasteiger partial charge is 0.465 e. The van der Waals surface area contributed by atoms with Crippen LogP contribution in [0.15, 0.2) is 53.2 Å². The molecule has 1 heterocycles. The van der Waals surface area contributed by atoms with Gasteiger partial charge in [-0.25, -0.2) is 0 Å². The molecule has 0 unspecified atom stereocenters. The lowest BCUT2D eigenvalue weighted by atomic mass is 10.1. The lowest BCUT2D eigenvalue weighted by Crippen LogP contribution is -1.97. The van der Waals surface area contributed by atoms with Gasteiger partial charge in [0.15, 0.2) is 0 Å². The normalized spacial score (nSPS) is 10.4. The molecule has 2 aromatic rings. The molecule has 0 saturated heterocycles. The minimum Gasteiger partial charge on any atom is -0.465 e. The lowest BCUT2D eigenvalue weighted by molar-refractivity contribution is 0.557. The molecule has 3 nitrogen and oxygen atoms in total. The van der Waals surface area contributed by atoms with Crippen molar-refractivity contribution < 1.29 is 4.42 Å². The molecule has 18 heavy (non-hydrogen) atoms. The summed E-state index contributed by atoms with van der Waals surface area (Å²) in [6, 6.07) is 13.8. The second-order valence-corrected chi connectivity index (χ2v) is 3.83. The Labute approximate surface area is 106 Å². The summed E-state index contributed by atoms with van der Waals surface area (Å²) in [5.74, 6) is 0.848. The summed E-state index contributed by atoms with van der Waals surface area (Å²) in [6.07, 6.45) is 6.04. The molecule has 0 aliphatic carbocycles. The Morgan fingerprint density at radius 2 is 2.06 bits per heavy atom. The van der Waals surface area contributed by atoms with Crippen molar-refractivity contribution in [2.24, 2.45) is 0 Å². The zero-order valence-electron chi connectivity index (χ0n) is 9.97. The fraction of sp³-hybridized carbons (Fsp3) is 0.133. The average molecular weight is 238 g/mol. The molecule has 3 heteroatoms. The molecule has 0 atom stereocenters. The maximum Gasteiger partial charge on any atom is 0.126 e. The van der Waals surface area contributed by atoms with Crippen LogP contribution in [0.3, 0.4) is 0 Å². The van der Waals surface area contributed by atoms with Crippen LogP contribution in [-0.4, -0.2) is 6.54 Å². The zero-order valence-corrected chi connectivity index (χ0v) is 9.97. The number of hydrogen-bond acceptors (Lipinski definition) is 3. The SMILES string of the molecule is N#CCc1ccc(NC/C=C/c2ccco2)cc1. The predicted octanol–water partition coefficient (Wildman–Crippen LogP) is 3.47. The van der Waals surface area contributed by atoms with E-state index in [1.165, 1.54) is 0 Å². The summed E-state index contributed by atoms with van der Waals surface area (Å²) in [5, 5.41) is 11.8. The summed E-state index contributed by atoms with van der Waals surface area (Å²) in [6.45, 7) is 0.734. The number of furan rings is 1. The van der Waals surface area contributed by atoms with Gasteiger partial charge in [-0.3, -0.25) is 0 Å². The molecule has 90 valence electrons. The van der Waals surface area contributed by atoms with E-state index in [0.29, 0.717) is 6.42 Å². The lowest BCUT2D eigenvalue weighted by Gasteiger charge is -2.03. The van der Waals surface area contributed by atoms with Crippen LogP contribution >= 0.6 is 0 Å². The van der Waals surface area contributed by atoms with E-state index >= 15 is 0 Å². The number of nitrogens with zero attached hydrogens (tertiary/aromatic N) is 1. The van der Waals surface area contributed by atoms with Crippen molar-refractivity contribution in [3.8, 4) is 6.07 Å². The Kier molecular flexibility index (Phi) is 4.21. The van der Waals surface area contributed by atoms with Crippen LogP contribution < -0.4 is 5.32 Å². The minimum absolute atomic E-state index is 0.457. The molecule has 0 fully saturated rings. The van der Waals surface area contributed by atoms with E-state index in [9.17, 15) is 0 Å². The number of anilines is 1. The van der Waals surface area contributed by atoms with Gasteiger partial charge in [0.25, 0.3) is 0 Å². The first-order valence-corrected chi connectivity index (χ1v) is 5.78. The van der Waals surface area contributed by atoms with Crippen molar-refractivity contribution in [3.05, 3.63) is 60.1 Å². The highest BCUT2D eigenvalue weighted by Gasteiger charge is 1.92. The number of rotatable bonds is 5. The molecule has 1 N–H and O–H groups in total. The van der Waals surface area contributed by atoms with Crippen LogP contribution in [0, 0.1) is 11.3 Å². The molecule has 1 aromatic heterocycles. The standard InChI is InChI=1S/C15H14N2O/c16-10-9-13-5-7-14(8-6-13)17-11-1-3-15-4-2-12-18-15/h1-8,12,17H,9,11H2/b3-1+. The molecular formula is C15H14N2O. The maximum absolute atomic E-state index is 8.57. The molecule has 0 amide bonds. The highest BCUT2D eigenvalue weighted by Crippen LogP contribution is 2.09. The Morgan fingerprint density at radius 3 is 2.72 bits per heavy atom. The van der Waals surface area contributed by atoms with Gasteiger partial charge in [-0.2, -0.15) is 5.26 Å². The molecule has 1 aromatic carbocycles. The van der Waals surface area contributed by atoms with Crippen molar-refractivity contribution in [1.29, 1.82) is 5.26 Å². The van der Waals surface area contributed by atoms with E-state index in [2.05, 4.69) is 11.4 Å². The van der Waals surface area contributed by atoms with E-state index in [-0.39, 0.29) is 0 Å². The summed E-state index contributed by atoms with van der Waals surface area (Å²) >= 11 is 0. The van der Waals surface area contributed by atoms with E-state index in [1.54, 1.807) is 6.26 Å². The topological polar surface area (TPSA) is 49.0 Å². The third-order valence-corrected chi connectivity index (χ3v) is 2.49. The number of nitriles is 1. The molecule has 0 spiro atoms. The average Bonchev–Trinajstić information content (AvgIpc) is 2.90. The highest BCUT2D eigenvalue weighted by atomic mass is 16.3. The van der Waals surface area contributed by atoms with Crippen molar-refractivity contribution in [1.82, 2.24) is 0 Å². The van der Waals surface area contributed by atoms with Crippen LogP contribution in [0.4, 0.5) is 5.69 Å². The van der Waals surface area contributed by atoms with E-state index in [1.807, 2.05) is 48.6 Å². The molecule has 0 bridgehead atoms. The fourth-order valence-electron chi connectivity index (χ4n) is 1.57. The quantitative estimate of drug-likeness (QED) is 0.867. The summed E-state index contributed by atoms with van der Waals surface area (Å²) in [5.41, 5.74) is 2.08. The number of hydrogen-bond donors (Lipinski definition) is 1. The zero-order chi connectivity index (χ0) is 12.6. The van der Waals surface area contributed by atoms with Gasteiger partial charge in [0.1, 0.15) is 5.76 Å². The molecule has 0 radical (unpaired) electrons. The first kappa shape index (κ1) is 12.0. The van der Waals surface area contributed by atoms with Gasteiger partial charge < -0.3 is 9.73 Å². The Hall–Kier alpha value is -2.47. The van der Waals surface area contributed by atoms with E-state index < -0.39 is 0 Å². The summed E-state index contributed by atoms with van der Waals surface area (Å²) in [4.78, 5) is 0. The first-order valence-electron chi connectivity index (χ1n) is 5.78. The minimum atomic E-state index is 0.457. The van der Waals surface area contributed by atoms with Gasteiger partial charge in [0.2, 0.25) is 0 Å². The van der Waals surface area contributed by atoms with Crippen molar-refractivity contribution in [3.63, 3.8) is 0 Å². The molecular weight excluding hydrogens is 224 g/mol. The summed E-state index contributed by atoms with van der Waals surface area (Å²) < 4.78 is 5.18. The van der Waals surface area contributed by atoms with Crippen LogP contribution in [0.1, 0.15) is 11.3 Å². The van der Waals surface area contributed by atoms with Crippen LogP contribution in [0.25, 0.3) is 6.08 Å². The Morgan fingerprint density at radius 1 is 1.22 bits per heavy atom. The molecule has 2 rings (SSSR count). The smallest absolute Gasteiger partial charge is 0.126 e. The van der Waals surface area contributed by atoms with Crippen molar-refractivity contribution in [2.45, 2.75) is 6.42 Å². The maximum atomic E-state index is 8.57. The second kappa shape index (κ2) is 6.31. The van der Waals surface area contributed by atoms with E-state index in [4.69, 9.17) is 9.68 Å². The van der Waals surface area contributed by atoms with Crippen LogP contribution in [0.5, 0.6) is 0 Å². The monoisotopic (exact) mass is 238 g/mol. The van der Waals surface area contributed by atoms with Crippen LogP contribution in [0.2, 0.25) is 0 Å². The molecule has 0 aliphatic heterocycles. The summed E-state index contributed by atoms with van der Waals surface area (Å²) in [7, 11) is 0. The fourth-order valence-corrected chi connectivity index (χ4v) is 1.57. The van der Waals surface area contributed by atoms with Crippen LogP contribution in [-0.2, 0) is 6.42 Å². The Bertz CT molecular complexity index is 533. The van der Waals surface area contributed by atoms with Gasteiger partial charge in [-0.15, -0.1) is 0 Å². The third kappa shape index (κ3) is 3.53. The first-order chi connectivity index (χ1) is 8.88. The molecule has 0 aliphatic rings. The predicted molar refractivity (Wildman–Crippen MR) is 72.0 cm³/mol. The van der Waals surface area contributed by atoms with Gasteiger partial charge in [-0.05, 0) is 35.9 Å². The number of benzene rings is 1. The van der Waals surface area contributed by atoms with Gasteiger partial charge in [-0.1, -0.05) is 18.2 Å². The highest BCUT2D eigenvalue weighted by molar-refractivity contribution is 5.48. The molecule has 0 saturated carbocycles. The van der Waals surface area contributed by atoms with Gasteiger partial charge in [0.05, 0.1) is 18.8 Å². The number of nitrogens with one attached hydrogen (secondary N) is 1. The third-order valence-electron chi connectivity index (χ3n) is 2.49. The Balaban J connectivity index is 1.81. The van der Waals surface area contributed by atoms with Crippen molar-refractivity contribution >= 4 is 11.8 Å². The second-order valence-electron chi connectivity index (χ2n) is 3.83. The van der Waals surface area contributed by atoms with Gasteiger partial charge in [0, 0.05) is 12.2 Å². The van der Waals surface area contributed by atoms with Gasteiger partial charge >= 0.3 is 0 Å². The van der Waals surface area contributed by atoms with E-state index in [0.717, 1.165) is 23.6 Å².